The van der Waals surface area contributed by atoms with Gasteiger partial charge in [-0.1, -0.05) is 19.4 Å². The number of hydrogen-bond acceptors (Lipinski definition) is 6. The summed E-state index contributed by atoms with van der Waals surface area (Å²) in [5.41, 5.74) is 2.52. The smallest absolute Gasteiger partial charge is 0.229 e. The fraction of sp³-hybridized carbons (Fsp3) is 0.476. The van der Waals surface area contributed by atoms with Crippen LogP contribution in [0.4, 0.5) is 17.5 Å². The van der Waals surface area contributed by atoms with Crippen LogP contribution >= 0.6 is 0 Å². The fourth-order valence-electron chi connectivity index (χ4n) is 3.40. The topological polar surface area (TPSA) is 76.9 Å². The van der Waals surface area contributed by atoms with E-state index in [-0.39, 0.29) is 0 Å². The molecule has 0 amide bonds. The van der Waals surface area contributed by atoms with Crippen LogP contribution in [0.5, 0.6) is 0 Å². The number of anilines is 3. The van der Waals surface area contributed by atoms with Crippen LogP contribution in [0.3, 0.4) is 0 Å². The molecule has 0 aliphatic carbocycles. The van der Waals surface area contributed by atoms with Crippen LogP contribution in [0.15, 0.2) is 30.3 Å². The van der Waals surface area contributed by atoms with Crippen molar-refractivity contribution in [3.05, 3.63) is 41.6 Å². The molecule has 142 valence electrons. The molecule has 6 heteroatoms. The van der Waals surface area contributed by atoms with Gasteiger partial charge in [0.15, 0.2) is 0 Å². The predicted octanol–water partition coefficient (Wildman–Crippen LogP) is 3.62. The summed E-state index contributed by atoms with van der Waals surface area (Å²) in [6, 6.07) is 12.2. The lowest BCUT2D eigenvalue weighted by molar-refractivity contribution is 0.447. The van der Waals surface area contributed by atoms with Gasteiger partial charge in [0.1, 0.15) is 5.82 Å². The zero-order chi connectivity index (χ0) is 19.1. The molecule has 1 saturated heterocycles. The molecule has 2 N–H and O–H groups in total. The van der Waals surface area contributed by atoms with Gasteiger partial charge in [0.05, 0.1) is 11.6 Å². The SMILES string of the molecule is CCCCc1cc(N2CCCC(NC)C2)nc(Nc2cccc(C#N)c2)n1. The van der Waals surface area contributed by atoms with E-state index in [1.54, 1.807) is 6.07 Å². The van der Waals surface area contributed by atoms with Gasteiger partial charge in [-0.15, -0.1) is 0 Å². The first-order valence-electron chi connectivity index (χ1n) is 9.79. The number of aryl methyl sites for hydroxylation is 1. The zero-order valence-electron chi connectivity index (χ0n) is 16.2. The molecule has 0 radical (unpaired) electrons. The van der Waals surface area contributed by atoms with E-state index in [0.29, 0.717) is 17.6 Å². The minimum absolute atomic E-state index is 0.497. The molecule has 27 heavy (non-hydrogen) atoms. The molecular formula is C21H28N6. The second-order valence-electron chi connectivity index (χ2n) is 7.04. The summed E-state index contributed by atoms with van der Waals surface area (Å²) < 4.78 is 0. The van der Waals surface area contributed by atoms with E-state index < -0.39 is 0 Å². The Balaban J connectivity index is 1.86. The molecule has 6 nitrogen and oxygen atoms in total. The molecule has 2 aromatic rings. The summed E-state index contributed by atoms with van der Waals surface area (Å²) in [7, 11) is 2.02. The Hall–Kier alpha value is -2.65. The second-order valence-corrected chi connectivity index (χ2v) is 7.04. The van der Waals surface area contributed by atoms with Crippen molar-refractivity contribution in [1.82, 2.24) is 15.3 Å². The average Bonchev–Trinajstić information content (AvgIpc) is 2.72. The summed E-state index contributed by atoms with van der Waals surface area (Å²) in [6.07, 6.45) is 5.55. The van der Waals surface area contributed by atoms with Crippen LogP contribution in [0, 0.1) is 11.3 Å². The number of benzene rings is 1. The van der Waals surface area contributed by atoms with Crippen LogP contribution < -0.4 is 15.5 Å². The maximum Gasteiger partial charge on any atom is 0.229 e. The van der Waals surface area contributed by atoms with Gasteiger partial charge in [-0.3, -0.25) is 0 Å². The lowest BCUT2D eigenvalue weighted by atomic mass is 10.1. The number of aromatic nitrogens is 2. The molecular weight excluding hydrogens is 336 g/mol. The monoisotopic (exact) mass is 364 g/mol. The van der Waals surface area contributed by atoms with E-state index >= 15 is 0 Å². The average molecular weight is 364 g/mol. The van der Waals surface area contributed by atoms with Crippen molar-refractivity contribution in [2.45, 2.75) is 45.1 Å². The molecule has 0 bridgehead atoms. The minimum Gasteiger partial charge on any atom is -0.355 e. The Labute approximate surface area is 161 Å². The molecule has 1 aromatic heterocycles. The van der Waals surface area contributed by atoms with Gasteiger partial charge in [-0.2, -0.15) is 10.2 Å². The number of piperidine rings is 1. The Bertz CT molecular complexity index is 797. The third-order valence-corrected chi connectivity index (χ3v) is 4.95. The van der Waals surface area contributed by atoms with Crippen LogP contribution in [-0.2, 0) is 6.42 Å². The minimum atomic E-state index is 0.497. The maximum atomic E-state index is 9.11. The van der Waals surface area contributed by atoms with Crippen molar-refractivity contribution in [3.8, 4) is 6.07 Å². The quantitative estimate of drug-likeness (QED) is 0.781. The van der Waals surface area contributed by atoms with Crippen LogP contribution in [0.25, 0.3) is 0 Å². The van der Waals surface area contributed by atoms with Crippen LogP contribution in [0.2, 0.25) is 0 Å². The van der Waals surface area contributed by atoms with Gasteiger partial charge in [0.25, 0.3) is 0 Å². The van der Waals surface area contributed by atoms with Crippen LogP contribution in [-0.4, -0.2) is 36.1 Å². The summed E-state index contributed by atoms with van der Waals surface area (Å²) in [4.78, 5) is 11.8. The highest BCUT2D eigenvalue weighted by Crippen LogP contribution is 2.23. The Morgan fingerprint density at radius 2 is 2.19 bits per heavy atom. The molecule has 2 heterocycles. The van der Waals surface area contributed by atoms with Crippen molar-refractivity contribution in [1.29, 1.82) is 5.26 Å². The molecule has 1 aromatic carbocycles. The van der Waals surface area contributed by atoms with Crippen molar-refractivity contribution >= 4 is 17.5 Å². The lowest BCUT2D eigenvalue weighted by Crippen LogP contribution is -2.44. The Kier molecular flexibility index (Phi) is 6.61. The van der Waals surface area contributed by atoms with E-state index in [2.05, 4.69) is 34.6 Å². The van der Waals surface area contributed by atoms with Crippen molar-refractivity contribution in [2.24, 2.45) is 0 Å². The number of nitrogens with zero attached hydrogens (tertiary/aromatic N) is 4. The summed E-state index contributed by atoms with van der Waals surface area (Å²) in [5, 5.41) is 15.8. The van der Waals surface area contributed by atoms with Crippen molar-refractivity contribution in [2.75, 3.05) is 30.4 Å². The number of unbranched alkanes of at least 4 members (excludes halogenated alkanes) is 1. The standard InChI is InChI=1S/C21H28N6/c1-3-4-8-18-13-20(27-11-6-10-19(15-27)23-2)26-21(25-18)24-17-9-5-7-16(12-17)14-22/h5,7,9,12-13,19,23H,3-4,6,8,10-11,15H2,1-2H3,(H,24,25,26). The number of likely N-dealkylation sites (N-methyl/N-ethyl adjacent to an activating group) is 1. The molecule has 0 spiro atoms. The van der Waals surface area contributed by atoms with Gasteiger partial charge < -0.3 is 15.5 Å². The molecule has 1 unspecified atom stereocenters. The van der Waals surface area contributed by atoms with E-state index in [1.807, 2.05) is 25.2 Å². The third-order valence-electron chi connectivity index (χ3n) is 4.95. The molecule has 1 aliphatic rings. The highest BCUT2D eigenvalue weighted by Gasteiger charge is 2.20. The predicted molar refractivity (Wildman–Crippen MR) is 109 cm³/mol. The molecule has 1 atom stereocenters. The summed E-state index contributed by atoms with van der Waals surface area (Å²) in [6.45, 7) is 4.17. The van der Waals surface area contributed by atoms with Gasteiger partial charge in [0.2, 0.25) is 5.95 Å². The maximum absolute atomic E-state index is 9.11. The van der Waals surface area contributed by atoms with E-state index in [1.165, 1.54) is 6.42 Å². The van der Waals surface area contributed by atoms with Crippen molar-refractivity contribution in [3.63, 3.8) is 0 Å². The number of hydrogen-bond donors (Lipinski definition) is 2. The molecule has 3 rings (SSSR count). The van der Waals surface area contributed by atoms with Gasteiger partial charge in [-0.05, 0) is 50.9 Å². The molecule has 1 fully saturated rings. The highest BCUT2D eigenvalue weighted by molar-refractivity contribution is 5.58. The Morgan fingerprint density at radius 1 is 1.30 bits per heavy atom. The van der Waals surface area contributed by atoms with E-state index in [0.717, 1.165) is 56.0 Å². The van der Waals surface area contributed by atoms with E-state index in [9.17, 15) is 0 Å². The highest BCUT2D eigenvalue weighted by atomic mass is 15.2. The summed E-state index contributed by atoms with van der Waals surface area (Å²) in [5.74, 6) is 1.58. The lowest BCUT2D eigenvalue weighted by Gasteiger charge is -2.33. The number of nitriles is 1. The first-order valence-corrected chi connectivity index (χ1v) is 9.79. The third kappa shape index (κ3) is 5.18. The summed E-state index contributed by atoms with van der Waals surface area (Å²) >= 11 is 0. The van der Waals surface area contributed by atoms with Crippen LogP contribution in [0.1, 0.15) is 43.9 Å². The van der Waals surface area contributed by atoms with Gasteiger partial charge >= 0.3 is 0 Å². The second kappa shape index (κ2) is 9.33. The zero-order valence-corrected chi connectivity index (χ0v) is 16.2. The largest absolute Gasteiger partial charge is 0.355 e. The molecule has 1 aliphatic heterocycles. The number of nitrogens with one attached hydrogen (secondary N) is 2. The fourth-order valence-corrected chi connectivity index (χ4v) is 3.40. The first kappa shape index (κ1) is 19.1. The van der Waals surface area contributed by atoms with Crippen molar-refractivity contribution < 1.29 is 0 Å². The van der Waals surface area contributed by atoms with Gasteiger partial charge in [-0.25, -0.2) is 4.98 Å². The van der Waals surface area contributed by atoms with Gasteiger partial charge in [0, 0.05) is 36.6 Å². The number of rotatable bonds is 7. The Morgan fingerprint density at radius 3 is 2.96 bits per heavy atom. The normalized spacial score (nSPS) is 16.8. The first-order chi connectivity index (χ1) is 13.2. The van der Waals surface area contributed by atoms with E-state index in [4.69, 9.17) is 15.2 Å². The molecule has 0 saturated carbocycles.